The van der Waals surface area contributed by atoms with Crippen molar-refractivity contribution in [1.29, 1.82) is 0 Å². The van der Waals surface area contributed by atoms with Crippen molar-refractivity contribution < 1.29 is 37.9 Å². The van der Waals surface area contributed by atoms with Crippen LogP contribution in [-0.2, 0) is 14.4 Å². The molecule has 0 spiro atoms. The van der Waals surface area contributed by atoms with Gasteiger partial charge in [0.25, 0.3) is 0 Å². The van der Waals surface area contributed by atoms with Crippen molar-refractivity contribution in [1.82, 2.24) is 0 Å². The Kier molecular flexibility index (Phi) is 5.75. The molecule has 19 heavy (non-hydrogen) atoms. The van der Waals surface area contributed by atoms with E-state index in [0.717, 1.165) is 6.92 Å². The second-order valence-corrected chi connectivity index (χ2v) is 3.32. The monoisotopic (exact) mass is 286 g/mol. The van der Waals surface area contributed by atoms with E-state index in [-0.39, 0.29) is 18.0 Å². The Labute approximate surface area is 106 Å². The number of halogens is 3. The first-order chi connectivity index (χ1) is 8.60. The van der Waals surface area contributed by atoms with Crippen LogP contribution in [0, 0.1) is 0 Å². The summed E-state index contributed by atoms with van der Waals surface area (Å²) in [7, 11) is 0. The van der Waals surface area contributed by atoms with Gasteiger partial charge in [0.1, 0.15) is 11.4 Å². The second kappa shape index (κ2) is 6.36. The molecule has 0 aliphatic rings. The van der Waals surface area contributed by atoms with Crippen molar-refractivity contribution in [3.63, 3.8) is 0 Å². The summed E-state index contributed by atoms with van der Waals surface area (Å²) >= 11 is 0. The molecule has 0 rings (SSSR count). The molecule has 0 aromatic rings. The van der Waals surface area contributed by atoms with Crippen molar-refractivity contribution in [2.45, 2.75) is 32.7 Å². The van der Waals surface area contributed by atoms with Crippen LogP contribution >= 0.6 is 0 Å². The van der Waals surface area contributed by atoms with Crippen molar-refractivity contribution in [3.8, 4) is 0 Å². The number of aliphatic hydroxyl groups is 1. The largest absolute Gasteiger partial charge is 0.470 e. The Balaban J connectivity index is 5.27. The number of oxime groups is 2. The zero-order chi connectivity index (χ0) is 15.3. The van der Waals surface area contributed by atoms with Crippen LogP contribution in [-0.4, -0.2) is 46.3 Å². The predicted octanol–water partition coefficient (Wildman–Crippen LogP) is 1.04. The average molecular weight is 286 g/mol. The average Bonchev–Trinajstić information content (AvgIpc) is 2.33. The fourth-order valence-corrected chi connectivity index (χ4v) is 0.707. The standard InChI is InChI=1S/C9H13F3N2O5/c1-4-18-7(15)8(16,9(10,11)12)19-14-6(3)5(2)13-17/h16-17H,4H2,1-3H3/b13-5+,14-6-. The minimum absolute atomic E-state index is 0.159. The number of esters is 1. The van der Waals surface area contributed by atoms with Gasteiger partial charge in [0.05, 0.1) is 6.61 Å². The van der Waals surface area contributed by atoms with E-state index in [1.165, 1.54) is 13.8 Å². The lowest BCUT2D eigenvalue weighted by Crippen LogP contribution is -2.54. The molecule has 0 bridgehead atoms. The summed E-state index contributed by atoms with van der Waals surface area (Å²) in [6.45, 7) is 3.24. The lowest BCUT2D eigenvalue weighted by Gasteiger charge is -2.25. The summed E-state index contributed by atoms with van der Waals surface area (Å²) in [5.74, 6) is -6.27. The van der Waals surface area contributed by atoms with Crippen molar-refractivity contribution >= 4 is 17.4 Å². The summed E-state index contributed by atoms with van der Waals surface area (Å²) in [4.78, 5) is 14.9. The molecule has 0 fully saturated rings. The number of nitrogens with zero attached hydrogens (tertiary/aromatic N) is 2. The molecule has 0 aromatic carbocycles. The van der Waals surface area contributed by atoms with Gasteiger partial charge in [0.2, 0.25) is 0 Å². The summed E-state index contributed by atoms with van der Waals surface area (Å²) < 4.78 is 41.8. The van der Waals surface area contributed by atoms with Crippen molar-refractivity contribution in [2.24, 2.45) is 10.3 Å². The smallest absolute Gasteiger partial charge is 0.461 e. The Morgan fingerprint density at radius 1 is 1.26 bits per heavy atom. The molecule has 1 atom stereocenters. The highest BCUT2D eigenvalue weighted by atomic mass is 19.4. The summed E-state index contributed by atoms with van der Waals surface area (Å²) in [6.07, 6.45) is -5.45. The van der Waals surface area contributed by atoms with Crippen LogP contribution in [0.2, 0.25) is 0 Å². The van der Waals surface area contributed by atoms with E-state index in [1.807, 2.05) is 0 Å². The molecule has 110 valence electrons. The van der Waals surface area contributed by atoms with Gasteiger partial charge < -0.3 is 19.9 Å². The van der Waals surface area contributed by atoms with Crippen LogP contribution in [0.25, 0.3) is 0 Å². The molecule has 0 radical (unpaired) electrons. The third kappa shape index (κ3) is 4.09. The quantitative estimate of drug-likeness (QED) is 0.258. The summed E-state index contributed by atoms with van der Waals surface area (Å²) in [5, 5.41) is 23.1. The lowest BCUT2D eigenvalue weighted by molar-refractivity contribution is -0.353. The molecule has 7 nitrogen and oxygen atoms in total. The number of rotatable bonds is 5. The van der Waals surface area contributed by atoms with Gasteiger partial charge in [0.15, 0.2) is 0 Å². The van der Waals surface area contributed by atoms with Gasteiger partial charge in [-0.05, 0) is 20.8 Å². The maximum absolute atomic E-state index is 12.6. The molecule has 0 heterocycles. The van der Waals surface area contributed by atoms with Gasteiger partial charge in [-0.2, -0.15) is 13.2 Å². The van der Waals surface area contributed by atoms with Gasteiger partial charge in [0, 0.05) is 0 Å². The van der Waals surface area contributed by atoms with Crippen molar-refractivity contribution in [2.75, 3.05) is 6.61 Å². The third-order valence-electron chi connectivity index (χ3n) is 1.92. The Morgan fingerprint density at radius 2 is 1.79 bits per heavy atom. The summed E-state index contributed by atoms with van der Waals surface area (Å²) in [6, 6.07) is 0. The van der Waals surface area contributed by atoms with Crippen LogP contribution < -0.4 is 0 Å². The van der Waals surface area contributed by atoms with Crippen LogP contribution in [0.4, 0.5) is 13.2 Å². The van der Waals surface area contributed by atoms with E-state index in [1.54, 1.807) is 0 Å². The van der Waals surface area contributed by atoms with E-state index in [0.29, 0.717) is 0 Å². The number of ether oxygens (including phenoxy) is 1. The van der Waals surface area contributed by atoms with Crippen molar-refractivity contribution in [3.05, 3.63) is 0 Å². The second-order valence-electron chi connectivity index (χ2n) is 3.32. The maximum atomic E-state index is 12.6. The van der Waals surface area contributed by atoms with Crippen LogP contribution in [0.15, 0.2) is 10.3 Å². The zero-order valence-corrected chi connectivity index (χ0v) is 10.4. The van der Waals surface area contributed by atoms with Crippen LogP contribution in [0.5, 0.6) is 0 Å². The fourth-order valence-electron chi connectivity index (χ4n) is 0.707. The molecule has 0 amide bonds. The van der Waals surface area contributed by atoms with Crippen LogP contribution in [0.3, 0.4) is 0 Å². The SMILES string of the molecule is CCOC(=O)C(O)(O/N=C(C)\C(C)=N\O)C(F)(F)F. The Hall–Kier alpha value is -1.84. The predicted molar refractivity (Wildman–Crippen MR) is 56.7 cm³/mol. The first-order valence-electron chi connectivity index (χ1n) is 4.98. The lowest BCUT2D eigenvalue weighted by atomic mass is 10.3. The molecule has 0 aliphatic carbocycles. The number of carbonyl (C=O) groups excluding carboxylic acids is 1. The highest BCUT2D eigenvalue weighted by molar-refractivity contribution is 6.40. The number of hydrogen-bond donors (Lipinski definition) is 2. The summed E-state index contributed by atoms with van der Waals surface area (Å²) in [5.41, 5.74) is -0.428. The normalized spacial score (nSPS) is 16.8. The zero-order valence-electron chi connectivity index (χ0n) is 10.4. The first kappa shape index (κ1) is 17.2. The molecular weight excluding hydrogens is 273 g/mol. The third-order valence-corrected chi connectivity index (χ3v) is 1.92. The molecule has 2 N–H and O–H groups in total. The van der Waals surface area contributed by atoms with E-state index in [4.69, 9.17) is 5.21 Å². The number of hydrogen-bond acceptors (Lipinski definition) is 7. The van der Waals surface area contributed by atoms with Gasteiger partial charge >= 0.3 is 17.9 Å². The molecule has 0 saturated carbocycles. The molecule has 10 heteroatoms. The van der Waals surface area contributed by atoms with Gasteiger partial charge in [-0.3, -0.25) is 0 Å². The van der Waals surface area contributed by atoms with E-state index < -0.39 is 17.9 Å². The minimum atomic E-state index is -5.45. The topological polar surface area (TPSA) is 101 Å². The van der Waals surface area contributed by atoms with Gasteiger partial charge in [-0.1, -0.05) is 10.3 Å². The number of alkyl halides is 3. The molecule has 0 saturated heterocycles. The van der Waals surface area contributed by atoms with E-state index in [9.17, 15) is 23.1 Å². The minimum Gasteiger partial charge on any atom is -0.461 e. The van der Waals surface area contributed by atoms with Gasteiger partial charge in [-0.15, -0.1) is 0 Å². The first-order valence-corrected chi connectivity index (χ1v) is 4.98. The fraction of sp³-hybridized carbons (Fsp3) is 0.667. The Morgan fingerprint density at radius 3 is 2.16 bits per heavy atom. The molecule has 0 aromatic heterocycles. The van der Waals surface area contributed by atoms with E-state index in [2.05, 4.69) is 19.9 Å². The van der Waals surface area contributed by atoms with Gasteiger partial charge in [-0.25, -0.2) is 4.79 Å². The molecule has 0 aliphatic heterocycles. The molecular formula is C9H13F3N2O5. The van der Waals surface area contributed by atoms with Crippen LogP contribution in [0.1, 0.15) is 20.8 Å². The maximum Gasteiger partial charge on any atom is 0.470 e. The molecule has 1 unspecified atom stereocenters. The highest BCUT2D eigenvalue weighted by Crippen LogP contribution is 2.33. The Bertz CT molecular complexity index is 394. The number of carbonyl (C=O) groups is 1. The van der Waals surface area contributed by atoms with E-state index >= 15 is 0 Å². The highest BCUT2D eigenvalue weighted by Gasteiger charge is 2.65.